The Bertz CT molecular complexity index is 205. The van der Waals surface area contributed by atoms with E-state index in [9.17, 15) is 4.21 Å². The fraction of sp³-hybridized carbons (Fsp3) is 1.00. The minimum absolute atomic E-state index is 0.354. The zero-order valence-corrected chi connectivity index (χ0v) is 10.9. The number of nitrogens with one attached hydrogen (secondary N) is 2. The minimum atomic E-state index is -0.694. The van der Waals surface area contributed by atoms with Crippen molar-refractivity contribution in [2.24, 2.45) is 0 Å². The van der Waals surface area contributed by atoms with E-state index < -0.39 is 10.8 Å². The van der Waals surface area contributed by atoms with Crippen LogP contribution in [0.2, 0.25) is 0 Å². The summed E-state index contributed by atoms with van der Waals surface area (Å²) in [6, 6.07) is 1.55. The molecule has 0 radical (unpaired) electrons. The normalized spacial score (nSPS) is 27.5. The van der Waals surface area contributed by atoms with Crippen LogP contribution in [0.25, 0.3) is 0 Å². The first-order chi connectivity index (χ1) is 7.08. The van der Waals surface area contributed by atoms with Crippen LogP contribution in [-0.2, 0) is 10.8 Å². The number of rotatable bonds is 6. The lowest BCUT2D eigenvalue weighted by Gasteiger charge is -2.22. The molecule has 4 heteroatoms. The highest BCUT2D eigenvalue weighted by atomic mass is 32.2. The van der Waals surface area contributed by atoms with E-state index in [1.165, 1.54) is 25.8 Å². The SMILES string of the molecule is CC(CC1CCCN1)NC(C)CS(C)=O. The Morgan fingerprint density at radius 3 is 2.73 bits per heavy atom. The molecule has 0 amide bonds. The molecular formula is C11H24N2OS. The monoisotopic (exact) mass is 232 g/mol. The lowest BCUT2D eigenvalue weighted by molar-refractivity contribution is 0.415. The molecule has 3 nitrogen and oxygen atoms in total. The number of hydrogen-bond acceptors (Lipinski definition) is 3. The van der Waals surface area contributed by atoms with Crippen molar-refractivity contribution in [1.29, 1.82) is 0 Å². The van der Waals surface area contributed by atoms with Crippen molar-refractivity contribution in [1.82, 2.24) is 10.6 Å². The van der Waals surface area contributed by atoms with E-state index in [-0.39, 0.29) is 0 Å². The Morgan fingerprint density at radius 2 is 2.20 bits per heavy atom. The quantitative estimate of drug-likeness (QED) is 0.714. The molecule has 0 spiro atoms. The van der Waals surface area contributed by atoms with Gasteiger partial charge in [0.2, 0.25) is 0 Å². The topological polar surface area (TPSA) is 41.1 Å². The molecule has 1 rings (SSSR count). The highest BCUT2D eigenvalue weighted by Crippen LogP contribution is 2.11. The molecule has 0 aromatic rings. The first kappa shape index (κ1) is 13.1. The summed E-state index contributed by atoms with van der Waals surface area (Å²) < 4.78 is 11.0. The van der Waals surface area contributed by atoms with Crippen molar-refractivity contribution in [2.45, 2.75) is 51.2 Å². The van der Waals surface area contributed by atoms with E-state index in [4.69, 9.17) is 0 Å². The van der Waals surface area contributed by atoms with Crippen LogP contribution in [0.1, 0.15) is 33.1 Å². The highest BCUT2D eigenvalue weighted by Gasteiger charge is 2.18. The molecule has 0 aromatic carbocycles. The summed E-state index contributed by atoms with van der Waals surface area (Å²) in [7, 11) is -0.694. The fourth-order valence-electron chi connectivity index (χ4n) is 2.34. The Kier molecular flexibility index (Phi) is 5.79. The maximum atomic E-state index is 11.0. The fourth-order valence-corrected chi connectivity index (χ4v) is 3.14. The molecule has 1 aliphatic heterocycles. The van der Waals surface area contributed by atoms with Crippen LogP contribution < -0.4 is 10.6 Å². The van der Waals surface area contributed by atoms with Crippen LogP contribution in [0.4, 0.5) is 0 Å². The summed E-state index contributed by atoms with van der Waals surface area (Å²) in [5.74, 6) is 0.752. The van der Waals surface area contributed by atoms with Gasteiger partial charge < -0.3 is 10.6 Å². The molecule has 0 bridgehead atoms. The maximum Gasteiger partial charge on any atom is 0.0383 e. The van der Waals surface area contributed by atoms with Crippen molar-refractivity contribution >= 4 is 10.8 Å². The van der Waals surface area contributed by atoms with Crippen LogP contribution in [-0.4, -0.2) is 40.9 Å². The lowest BCUT2D eigenvalue weighted by Crippen LogP contribution is -2.41. The van der Waals surface area contributed by atoms with Gasteiger partial charge in [-0.1, -0.05) is 0 Å². The lowest BCUT2D eigenvalue weighted by atomic mass is 10.1. The van der Waals surface area contributed by atoms with E-state index in [0.717, 1.165) is 5.75 Å². The first-order valence-corrected chi connectivity index (χ1v) is 7.60. The smallest absolute Gasteiger partial charge is 0.0383 e. The predicted octanol–water partition coefficient (Wildman–Crippen LogP) is 0.874. The summed E-state index contributed by atoms with van der Waals surface area (Å²) in [6.07, 6.45) is 5.56. The molecule has 0 saturated carbocycles. The van der Waals surface area contributed by atoms with Gasteiger partial charge in [-0.2, -0.15) is 0 Å². The summed E-state index contributed by atoms with van der Waals surface area (Å²) in [5.41, 5.74) is 0. The standard InChI is InChI=1S/C11H24N2OS/c1-9(7-11-5-4-6-12-11)13-10(2)8-15(3)14/h9-13H,4-8H2,1-3H3. The third-order valence-corrected chi connectivity index (χ3v) is 3.82. The average molecular weight is 232 g/mol. The van der Waals surface area contributed by atoms with Crippen LogP contribution in [0, 0.1) is 0 Å². The molecule has 1 heterocycles. The second-order valence-electron chi connectivity index (χ2n) is 4.74. The molecule has 0 aliphatic carbocycles. The maximum absolute atomic E-state index is 11.0. The molecule has 90 valence electrons. The van der Waals surface area contributed by atoms with Crippen LogP contribution in [0.5, 0.6) is 0 Å². The van der Waals surface area contributed by atoms with E-state index in [1.54, 1.807) is 6.26 Å². The molecule has 4 unspecified atom stereocenters. The molecule has 1 saturated heterocycles. The van der Waals surface area contributed by atoms with Crippen LogP contribution >= 0.6 is 0 Å². The van der Waals surface area contributed by atoms with Crippen molar-refractivity contribution in [3.8, 4) is 0 Å². The zero-order valence-electron chi connectivity index (χ0n) is 10.1. The molecule has 4 atom stereocenters. The van der Waals surface area contributed by atoms with Gasteiger partial charge >= 0.3 is 0 Å². The van der Waals surface area contributed by atoms with Gasteiger partial charge in [-0.3, -0.25) is 4.21 Å². The summed E-state index contributed by atoms with van der Waals surface area (Å²) in [4.78, 5) is 0. The average Bonchev–Trinajstić information content (AvgIpc) is 2.53. The van der Waals surface area contributed by atoms with Crippen molar-refractivity contribution in [3.63, 3.8) is 0 Å². The van der Waals surface area contributed by atoms with Gasteiger partial charge in [-0.25, -0.2) is 0 Å². The summed E-state index contributed by atoms with van der Waals surface area (Å²) in [6.45, 7) is 5.50. The predicted molar refractivity (Wildman–Crippen MR) is 66.6 cm³/mol. The molecule has 1 fully saturated rings. The third kappa shape index (κ3) is 5.64. The third-order valence-electron chi connectivity index (χ3n) is 2.85. The van der Waals surface area contributed by atoms with Crippen LogP contribution in [0.15, 0.2) is 0 Å². The molecular weight excluding hydrogens is 208 g/mol. The first-order valence-electron chi connectivity index (χ1n) is 5.87. The Hall–Kier alpha value is 0.0700. The Balaban J connectivity index is 2.16. The Morgan fingerprint density at radius 1 is 1.47 bits per heavy atom. The summed E-state index contributed by atoms with van der Waals surface area (Å²) in [5, 5.41) is 7.01. The van der Waals surface area contributed by atoms with Gasteiger partial charge in [0.1, 0.15) is 0 Å². The van der Waals surface area contributed by atoms with Gasteiger partial charge in [0.25, 0.3) is 0 Å². The van der Waals surface area contributed by atoms with Gasteiger partial charge in [0.05, 0.1) is 0 Å². The van der Waals surface area contributed by atoms with Gasteiger partial charge in [0.15, 0.2) is 0 Å². The van der Waals surface area contributed by atoms with Crippen molar-refractivity contribution < 1.29 is 4.21 Å². The molecule has 2 N–H and O–H groups in total. The van der Waals surface area contributed by atoms with Gasteiger partial charge in [0, 0.05) is 40.9 Å². The van der Waals surface area contributed by atoms with E-state index in [1.807, 2.05) is 0 Å². The summed E-state index contributed by atoms with van der Waals surface area (Å²) >= 11 is 0. The van der Waals surface area contributed by atoms with Crippen molar-refractivity contribution in [3.05, 3.63) is 0 Å². The molecule has 15 heavy (non-hydrogen) atoms. The molecule has 0 aromatic heterocycles. The number of hydrogen-bond donors (Lipinski definition) is 2. The van der Waals surface area contributed by atoms with Gasteiger partial charge in [-0.15, -0.1) is 0 Å². The van der Waals surface area contributed by atoms with Crippen LogP contribution in [0.3, 0.4) is 0 Å². The van der Waals surface area contributed by atoms with Gasteiger partial charge in [-0.05, 0) is 39.7 Å². The second kappa shape index (κ2) is 6.61. The second-order valence-corrected chi connectivity index (χ2v) is 6.22. The minimum Gasteiger partial charge on any atom is -0.314 e. The highest BCUT2D eigenvalue weighted by molar-refractivity contribution is 7.84. The largest absolute Gasteiger partial charge is 0.314 e. The van der Waals surface area contributed by atoms with Crippen molar-refractivity contribution in [2.75, 3.05) is 18.6 Å². The molecule has 1 aliphatic rings. The zero-order chi connectivity index (χ0) is 11.3. The van der Waals surface area contributed by atoms with E-state index in [0.29, 0.717) is 18.1 Å². The van der Waals surface area contributed by atoms with E-state index in [2.05, 4.69) is 24.5 Å². The van der Waals surface area contributed by atoms with E-state index >= 15 is 0 Å². The Labute approximate surface area is 95.9 Å².